The maximum atomic E-state index is 5.92. The summed E-state index contributed by atoms with van der Waals surface area (Å²) in [5.74, 6) is 4.08. The van der Waals surface area contributed by atoms with Crippen molar-refractivity contribution in [2.24, 2.45) is 4.99 Å². The van der Waals surface area contributed by atoms with Gasteiger partial charge in [0.15, 0.2) is 5.96 Å². The molecule has 0 aromatic carbocycles. The molecule has 168 valence electrons. The van der Waals surface area contributed by atoms with Crippen LogP contribution < -0.4 is 10.6 Å². The standard InChI is InChI=1S/C21H33N5O3.HI/c1-15-6-7-17(28-15)16(26-8-10-27-11-9-26)12-24-20(22-5)25-14-19-23-13-18(29-19)21(2,3)4;/h6-7,13,16H,8-12,14H2,1-5H3,(H2,22,24,25);1H. The van der Waals surface area contributed by atoms with Crippen LogP contribution in [-0.2, 0) is 16.7 Å². The topological polar surface area (TPSA) is 88.1 Å². The van der Waals surface area contributed by atoms with E-state index in [0.29, 0.717) is 24.9 Å². The Bertz CT molecular complexity index is 806. The van der Waals surface area contributed by atoms with Gasteiger partial charge in [0.25, 0.3) is 0 Å². The molecule has 2 N–H and O–H groups in total. The molecular formula is C21H34IN5O3. The second-order valence-corrected chi connectivity index (χ2v) is 8.29. The molecule has 1 unspecified atom stereocenters. The summed E-state index contributed by atoms with van der Waals surface area (Å²) in [5.41, 5.74) is -0.0578. The number of hydrogen-bond donors (Lipinski definition) is 2. The molecule has 0 saturated carbocycles. The summed E-state index contributed by atoms with van der Waals surface area (Å²) in [6, 6.07) is 4.17. The van der Waals surface area contributed by atoms with E-state index in [1.54, 1.807) is 13.2 Å². The fraction of sp³-hybridized carbons (Fsp3) is 0.619. The Kier molecular flexibility index (Phi) is 9.17. The minimum absolute atomic E-state index is 0. The van der Waals surface area contributed by atoms with Gasteiger partial charge in [-0.25, -0.2) is 4.98 Å². The first-order valence-corrected chi connectivity index (χ1v) is 10.1. The molecule has 0 spiro atoms. The molecule has 1 saturated heterocycles. The number of rotatable bonds is 6. The first-order chi connectivity index (χ1) is 13.9. The molecule has 2 aromatic rings. The van der Waals surface area contributed by atoms with Crippen LogP contribution in [0.15, 0.2) is 32.2 Å². The van der Waals surface area contributed by atoms with Crippen LogP contribution in [0.5, 0.6) is 0 Å². The number of aryl methyl sites for hydroxylation is 1. The highest BCUT2D eigenvalue weighted by Gasteiger charge is 2.25. The number of furan rings is 1. The van der Waals surface area contributed by atoms with E-state index in [-0.39, 0.29) is 35.4 Å². The average Bonchev–Trinajstić information content (AvgIpc) is 3.34. The van der Waals surface area contributed by atoms with Crippen molar-refractivity contribution in [3.63, 3.8) is 0 Å². The number of nitrogens with zero attached hydrogens (tertiary/aromatic N) is 3. The van der Waals surface area contributed by atoms with Crippen LogP contribution in [0.25, 0.3) is 0 Å². The van der Waals surface area contributed by atoms with Crippen LogP contribution in [0.2, 0.25) is 0 Å². The van der Waals surface area contributed by atoms with Gasteiger partial charge in [-0.2, -0.15) is 0 Å². The number of halogens is 1. The maximum absolute atomic E-state index is 5.92. The molecule has 0 bridgehead atoms. The normalized spacial score (nSPS) is 16.8. The Morgan fingerprint density at radius 2 is 1.93 bits per heavy atom. The van der Waals surface area contributed by atoms with Crippen LogP contribution in [-0.4, -0.2) is 55.7 Å². The molecule has 1 aliphatic heterocycles. The summed E-state index contributed by atoms with van der Waals surface area (Å²) in [6.45, 7) is 12.7. The Balaban J connectivity index is 0.00000320. The summed E-state index contributed by atoms with van der Waals surface area (Å²) in [7, 11) is 1.76. The van der Waals surface area contributed by atoms with E-state index >= 15 is 0 Å². The minimum Gasteiger partial charge on any atom is -0.465 e. The SMILES string of the molecule is CN=C(NCc1ncc(C(C)(C)C)o1)NCC(c1ccc(C)o1)N1CCOCC1.I. The third-order valence-electron chi connectivity index (χ3n) is 4.96. The molecule has 3 rings (SSSR count). The van der Waals surface area contributed by atoms with Gasteiger partial charge in [-0.15, -0.1) is 24.0 Å². The van der Waals surface area contributed by atoms with Gasteiger partial charge in [0, 0.05) is 32.1 Å². The van der Waals surface area contributed by atoms with E-state index in [0.717, 1.165) is 43.6 Å². The van der Waals surface area contributed by atoms with E-state index in [4.69, 9.17) is 13.6 Å². The van der Waals surface area contributed by atoms with Crippen molar-refractivity contribution in [3.05, 3.63) is 41.5 Å². The van der Waals surface area contributed by atoms with Crippen molar-refractivity contribution < 1.29 is 13.6 Å². The third-order valence-corrected chi connectivity index (χ3v) is 4.96. The lowest BCUT2D eigenvalue weighted by molar-refractivity contribution is 0.0124. The predicted molar refractivity (Wildman–Crippen MR) is 127 cm³/mol. The first kappa shape index (κ1) is 24.7. The number of guanidine groups is 1. The number of morpholine rings is 1. The fourth-order valence-electron chi connectivity index (χ4n) is 3.24. The van der Waals surface area contributed by atoms with Gasteiger partial charge >= 0.3 is 0 Å². The highest BCUT2D eigenvalue weighted by atomic mass is 127. The van der Waals surface area contributed by atoms with Crippen LogP contribution >= 0.6 is 24.0 Å². The molecule has 0 amide bonds. The number of oxazole rings is 1. The van der Waals surface area contributed by atoms with Crippen LogP contribution in [0.4, 0.5) is 0 Å². The molecule has 1 aliphatic rings. The second kappa shape index (κ2) is 11.1. The number of ether oxygens (including phenoxy) is 1. The third kappa shape index (κ3) is 6.71. The summed E-state index contributed by atoms with van der Waals surface area (Å²) >= 11 is 0. The molecule has 0 aliphatic carbocycles. The first-order valence-electron chi connectivity index (χ1n) is 10.1. The Morgan fingerprint density at radius 3 is 2.50 bits per heavy atom. The van der Waals surface area contributed by atoms with Gasteiger partial charge in [-0.3, -0.25) is 9.89 Å². The van der Waals surface area contributed by atoms with E-state index in [1.807, 2.05) is 19.1 Å². The molecule has 3 heterocycles. The predicted octanol–water partition coefficient (Wildman–Crippen LogP) is 3.23. The molecule has 0 radical (unpaired) electrons. The Morgan fingerprint density at radius 1 is 1.20 bits per heavy atom. The monoisotopic (exact) mass is 531 g/mol. The highest BCUT2D eigenvalue weighted by Crippen LogP contribution is 2.24. The van der Waals surface area contributed by atoms with Gasteiger partial charge in [0.2, 0.25) is 5.89 Å². The van der Waals surface area contributed by atoms with E-state index in [9.17, 15) is 0 Å². The summed E-state index contributed by atoms with van der Waals surface area (Å²) in [6.07, 6.45) is 1.79. The molecule has 1 atom stereocenters. The quantitative estimate of drug-likeness (QED) is 0.336. The van der Waals surface area contributed by atoms with Gasteiger partial charge in [0.1, 0.15) is 17.3 Å². The lowest BCUT2D eigenvalue weighted by atomic mass is 9.94. The van der Waals surface area contributed by atoms with Crippen molar-refractivity contribution in [1.29, 1.82) is 0 Å². The van der Waals surface area contributed by atoms with Gasteiger partial charge in [0.05, 0.1) is 32.0 Å². The summed E-state index contributed by atoms with van der Waals surface area (Å²) in [4.78, 5) is 11.1. The van der Waals surface area contributed by atoms with E-state index in [2.05, 4.69) is 46.3 Å². The Hall–Kier alpha value is -1.59. The zero-order valence-corrected chi connectivity index (χ0v) is 20.9. The zero-order valence-electron chi connectivity index (χ0n) is 18.5. The zero-order chi connectivity index (χ0) is 20.9. The smallest absolute Gasteiger partial charge is 0.213 e. The summed E-state index contributed by atoms with van der Waals surface area (Å²) in [5, 5.41) is 6.68. The second-order valence-electron chi connectivity index (χ2n) is 8.29. The lowest BCUT2D eigenvalue weighted by Gasteiger charge is -2.33. The van der Waals surface area contributed by atoms with Gasteiger partial charge < -0.3 is 24.2 Å². The van der Waals surface area contributed by atoms with Crippen molar-refractivity contribution in [2.75, 3.05) is 39.9 Å². The van der Waals surface area contributed by atoms with Crippen LogP contribution in [0, 0.1) is 6.92 Å². The number of aliphatic imine (C=N–C) groups is 1. The average molecular weight is 531 g/mol. The van der Waals surface area contributed by atoms with Crippen molar-refractivity contribution in [1.82, 2.24) is 20.5 Å². The van der Waals surface area contributed by atoms with Crippen LogP contribution in [0.1, 0.15) is 50.0 Å². The van der Waals surface area contributed by atoms with E-state index in [1.165, 1.54) is 0 Å². The fourth-order valence-corrected chi connectivity index (χ4v) is 3.24. The number of hydrogen-bond acceptors (Lipinski definition) is 6. The van der Waals surface area contributed by atoms with Gasteiger partial charge in [-0.05, 0) is 19.1 Å². The molecule has 30 heavy (non-hydrogen) atoms. The molecule has 2 aromatic heterocycles. The number of nitrogens with one attached hydrogen (secondary N) is 2. The Labute approximate surface area is 195 Å². The largest absolute Gasteiger partial charge is 0.465 e. The van der Waals surface area contributed by atoms with Gasteiger partial charge in [-0.1, -0.05) is 20.8 Å². The minimum atomic E-state index is -0.0578. The molecule has 8 nitrogen and oxygen atoms in total. The lowest BCUT2D eigenvalue weighted by Crippen LogP contribution is -2.46. The number of aromatic nitrogens is 1. The van der Waals surface area contributed by atoms with Crippen LogP contribution in [0.3, 0.4) is 0 Å². The maximum Gasteiger partial charge on any atom is 0.213 e. The summed E-state index contributed by atoms with van der Waals surface area (Å²) < 4.78 is 17.3. The van der Waals surface area contributed by atoms with Crippen molar-refractivity contribution in [2.45, 2.75) is 45.7 Å². The molecular weight excluding hydrogens is 497 g/mol. The highest BCUT2D eigenvalue weighted by molar-refractivity contribution is 14.0. The van der Waals surface area contributed by atoms with Crippen molar-refractivity contribution >= 4 is 29.9 Å². The van der Waals surface area contributed by atoms with Crippen molar-refractivity contribution in [3.8, 4) is 0 Å². The van der Waals surface area contributed by atoms with E-state index < -0.39 is 0 Å². The molecule has 9 heteroatoms. The molecule has 1 fully saturated rings.